The molecule has 15 heteroatoms. The number of nitrogens with one attached hydrogen (secondary N) is 3. The number of sulfonamides is 2. The van der Waals surface area contributed by atoms with Gasteiger partial charge < -0.3 is 29.2 Å². The normalized spacial score (nSPS) is 19.2. The number of nitrogens with zero attached hydrogens (tertiary/aromatic N) is 1. The summed E-state index contributed by atoms with van der Waals surface area (Å²) in [6.45, 7) is 6.17. The Morgan fingerprint density at radius 1 is 0.698 bits per heavy atom. The summed E-state index contributed by atoms with van der Waals surface area (Å²) in [5.41, 5.74) is 0. The zero-order valence-corrected chi connectivity index (χ0v) is 25.7. The van der Waals surface area contributed by atoms with Crippen LogP contribution < -0.4 is 33.7 Å². The van der Waals surface area contributed by atoms with Crippen molar-refractivity contribution < 1.29 is 40.6 Å². The molecule has 4 aliphatic rings. The van der Waals surface area contributed by atoms with Gasteiger partial charge in [-0.05, 0) is 63.0 Å². The Labute approximate surface area is 252 Å². The molecule has 0 radical (unpaired) electrons. The standard InChI is InChI=1S/C15H20N2O5S.C13H18N2O4S/c1-11(18)17-6-4-12(5-7-17)16-23(19,20)13-2-3-14-15(10-13)22-9-8-21-14;16-20(17,15-10-3-5-14-6-4-10)11-1-2-12-13(9-11)19-8-7-18-12/h2-3,10,12,16H,4-9H2,1H3;1-2,9-10,14-15H,3-8H2. The van der Waals surface area contributed by atoms with E-state index in [1.807, 2.05) is 0 Å². The number of ether oxygens (including phenoxy) is 4. The second-order valence-corrected chi connectivity index (χ2v) is 14.1. The Balaban J connectivity index is 0.000000173. The molecule has 6 rings (SSSR count). The fraction of sp³-hybridized carbons (Fsp3) is 0.536. The molecule has 2 aromatic rings. The Morgan fingerprint density at radius 3 is 1.56 bits per heavy atom. The first-order valence-electron chi connectivity index (χ1n) is 14.4. The number of rotatable bonds is 6. The van der Waals surface area contributed by atoms with Gasteiger partial charge in [-0.2, -0.15) is 0 Å². The summed E-state index contributed by atoms with van der Waals surface area (Å²) < 4.78 is 76.9. The smallest absolute Gasteiger partial charge is 0.240 e. The Kier molecular flexibility index (Phi) is 9.96. The maximum atomic E-state index is 12.5. The molecule has 0 aliphatic carbocycles. The summed E-state index contributed by atoms with van der Waals surface area (Å²) >= 11 is 0. The van der Waals surface area contributed by atoms with Crippen LogP contribution in [0.15, 0.2) is 46.2 Å². The van der Waals surface area contributed by atoms with Crippen LogP contribution in [-0.4, -0.2) is 92.3 Å². The van der Waals surface area contributed by atoms with Crippen molar-refractivity contribution in [2.45, 2.75) is 54.5 Å². The molecule has 1 amide bonds. The van der Waals surface area contributed by atoms with E-state index in [4.69, 9.17) is 18.9 Å². The van der Waals surface area contributed by atoms with Crippen molar-refractivity contribution in [2.75, 3.05) is 52.6 Å². The predicted octanol–water partition coefficient (Wildman–Crippen LogP) is 1.24. The lowest BCUT2D eigenvalue weighted by molar-refractivity contribution is -0.129. The number of likely N-dealkylation sites (tertiary alicyclic amines) is 1. The van der Waals surface area contributed by atoms with Crippen LogP contribution in [-0.2, 0) is 24.8 Å². The van der Waals surface area contributed by atoms with E-state index in [0.29, 0.717) is 75.4 Å². The first-order chi connectivity index (χ1) is 20.6. The predicted molar refractivity (Wildman–Crippen MR) is 157 cm³/mol. The number of carbonyl (C=O) groups is 1. The number of carbonyl (C=O) groups excluding carboxylic acids is 1. The Bertz CT molecular complexity index is 1500. The highest BCUT2D eigenvalue weighted by atomic mass is 32.2. The highest BCUT2D eigenvalue weighted by Crippen LogP contribution is 2.33. The van der Waals surface area contributed by atoms with Gasteiger partial charge in [-0.1, -0.05) is 0 Å². The van der Waals surface area contributed by atoms with Crippen molar-refractivity contribution in [3.63, 3.8) is 0 Å². The number of fused-ring (bicyclic) bond motifs is 2. The molecule has 43 heavy (non-hydrogen) atoms. The second-order valence-electron chi connectivity index (χ2n) is 10.7. The zero-order chi connectivity index (χ0) is 30.5. The Morgan fingerprint density at radius 2 is 1.12 bits per heavy atom. The van der Waals surface area contributed by atoms with E-state index in [-0.39, 0.29) is 27.8 Å². The van der Waals surface area contributed by atoms with Crippen LogP contribution in [0.3, 0.4) is 0 Å². The van der Waals surface area contributed by atoms with Gasteiger partial charge in [-0.15, -0.1) is 0 Å². The van der Waals surface area contributed by atoms with E-state index in [1.165, 1.54) is 25.1 Å². The van der Waals surface area contributed by atoms with Crippen LogP contribution in [0.4, 0.5) is 0 Å². The average Bonchev–Trinajstić information content (AvgIpc) is 3.01. The SMILES string of the molecule is CC(=O)N1CCC(NS(=O)(=O)c2ccc3c(c2)OCCO3)CC1.O=S(=O)(NC1CCNCC1)c1ccc2c(c1)OCCO2. The summed E-state index contributed by atoms with van der Waals surface area (Å²) in [6.07, 6.45) is 2.85. The van der Waals surface area contributed by atoms with Crippen LogP contribution in [0.5, 0.6) is 23.0 Å². The van der Waals surface area contributed by atoms with Crippen LogP contribution in [0.2, 0.25) is 0 Å². The van der Waals surface area contributed by atoms with Crippen molar-refractivity contribution in [1.29, 1.82) is 0 Å². The monoisotopic (exact) mass is 638 g/mol. The van der Waals surface area contributed by atoms with Crippen LogP contribution in [0.25, 0.3) is 0 Å². The molecule has 2 fully saturated rings. The summed E-state index contributed by atoms with van der Waals surface area (Å²) in [4.78, 5) is 13.4. The number of amides is 1. The van der Waals surface area contributed by atoms with Gasteiger partial charge in [-0.25, -0.2) is 26.3 Å². The molecule has 236 valence electrons. The molecule has 4 aliphatic heterocycles. The van der Waals surface area contributed by atoms with Crippen molar-refractivity contribution in [3.05, 3.63) is 36.4 Å². The van der Waals surface area contributed by atoms with Crippen molar-refractivity contribution in [2.24, 2.45) is 0 Å². The van der Waals surface area contributed by atoms with E-state index in [0.717, 1.165) is 25.9 Å². The molecule has 3 N–H and O–H groups in total. The van der Waals surface area contributed by atoms with Gasteiger partial charge in [0.25, 0.3) is 0 Å². The lowest BCUT2D eigenvalue weighted by Crippen LogP contribution is -2.45. The van der Waals surface area contributed by atoms with Crippen molar-refractivity contribution in [1.82, 2.24) is 19.7 Å². The molecule has 0 spiro atoms. The van der Waals surface area contributed by atoms with Crippen molar-refractivity contribution in [3.8, 4) is 23.0 Å². The third-order valence-corrected chi connectivity index (χ3v) is 10.6. The molecular formula is C28H38N4O9S2. The minimum atomic E-state index is -3.62. The van der Waals surface area contributed by atoms with Gasteiger partial charge in [-0.3, -0.25) is 4.79 Å². The van der Waals surface area contributed by atoms with Gasteiger partial charge in [0, 0.05) is 44.2 Å². The third kappa shape index (κ3) is 8.09. The molecule has 0 atom stereocenters. The molecular weight excluding hydrogens is 600 g/mol. The first kappa shape index (κ1) is 31.3. The molecule has 0 unspecified atom stereocenters. The van der Waals surface area contributed by atoms with Gasteiger partial charge in [0.15, 0.2) is 23.0 Å². The average molecular weight is 639 g/mol. The Hall–Kier alpha value is -3.11. The number of hydrogen-bond acceptors (Lipinski definition) is 10. The van der Waals surface area contributed by atoms with E-state index in [1.54, 1.807) is 23.1 Å². The molecule has 13 nitrogen and oxygen atoms in total. The van der Waals surface area contributed by atoms with Gasteiger partial charge in [0.05, 0.1) is 9.79 Å². The lowest BCUT2D eigenvalue weighted by Gasteiger charge is -2.31. The second kappa shape index (κ2) is 13.7. The maximum Gasteiger partial charge on any atom is 0.240 e. The fourth-order valence-corrected chi connectivity index (χ4v) is 7.85. The van der Waals surface area contributed by atoms with Crippen LogP contribution >= 0.6 is 0 Å². The largest absolute Gasteiger partial charge is 0.486 e. The number of hydrogen-bond donors (Lipinski definition) is 3. The van der Waals surface area contributed by atoms with Gasteiger partial charge in [0.1, 0.15) is 26.4 Å². The van der Waals surface area contributed by atoms with E-state index < -0.39 is 20.0 Å². The molecule has 4 heterocycles. The summed E-state index contributed by atoms with van der Waals surface area (Å²) in [5, 5.41) is 3.21. The quantitative estimate of drug-likeness (QED) is 0.420. The van der Waals surface area contributed by atoms with E-state index >= 15 is 0 Å². The minimum Gasteiger partial charge on any atom is -0.486 e. The molecule has 0 saturated carbocycles. The summed E-state index contributed by atoms with van der Waals surface area (Å²) in [6, 6.07) is 9.17. The summed E-state index contributed by atoms with van der Waals surface area (Å²) in [5.74, 6) is 2.12. The fourth-order valence-electron chi connectivity index (χ4n) is 5.21. The first-order valence-corrected chi connectivity index (χ1v) is 17.4. The van der Waals surface area contributed by atoms with E-state index in [2.05, 4.69) is 14.8 Å². The molecule has 0 bridgehead atoms. The van der Waals surface area contributed by atoms with Gasteiger partial charge >= 0.3 is 0 Å². The molecule has 0 aromatic heterocycles. The number of piperidine rings is 2. The highest BCUT2D eigenvalue weighted by Gasteiger charge is 2.27. The number of benzene rings is 2. The lowest BCUT2D eigenvalue weighted by atomic mass is 10.1. The van der Waals surface area contributed by atoms with Gasteiger partial charge in [0.2, 0.25) is 26.0 Å². The topological polar surface area (TPSA) is 162 Å². The third-order valence-electron chi connectivity index (χ3n) is 7.57. The van der Waals surface area contributed by atoms with E-state index in [9.17, 15) is 21.6 Å². The molecule has 2 saturated heterocycles. The maximum absolute atomic E-state index is 12.5. The highest BCUT2D eigenvalue weighted by molar-refractivity contribution is 7.89. The summed E-state index contributed by atoms with van der Waals surface area (Å²) in [7, 11) is -7.13. The molecule has 2 aromatic carbocycles. The minimum absolute atomic E-state index is 0.00514. The van der Waals surface area contributed by atoms with Crippen LogP contribution in [0, 0.1) is 0 Å². The zero-order valence-electron chi connectivity index (χ0n) is 24.0. The van der Waals surface area contributed by atoms with Crippen molar-refractivity contribution >= 4 is 26.0 Å². The van der Waals surface area contributed by atoms with Crippen LogP contribution in [0.1, 0.15) is 32.6 Å².